The fraction of sp³-hybridized carbons (Fsp3) is 0.333. The van der Waals surface area contributed by atoms with Crippen molar-refractivity contribution >= 4 is 34.6 Å². The van der Waals surface area contributed by atoms with Gasteiger partial charge in [0.2, 0.25) is 5.91 Å². The van der Waals surface area contributed by atoms with E-state index in [-0.39, 0.29) is 5.91 Å². The first-order chi connectivity index (χ1) is 7.72. The highest BCUT2D eigenvalue weighted by molar-refractivity contribution is 6.31. The molecule has 1 amide bonds. The first-order valence-electron chi connectivity index (χ1n) is 5.39. The van der Waals surface area contributed by atoms with Crippen LogP contribution in [-0.2, 0) is 4.79 Å². The molecule has 1 aliphatic carbocycles. The molecule has 0 atom stereocenters. The Bertz CT molecular complexity index is 492. The Kier molecular flexibility index (Phi) is 2.21. The molecule has 1 heterocycles. The van der Waals surface area contributed by atoms with Crippen molar-refractivity contribution in [3.05, 3.63) is 23.2 Å². The predicted octanol–water partition coefficient (Wildman–Crippen LogP) is 3.16. The predicted molar refractivity (Wildman–Crippen MR) is 64.5 cm³/mol. The lowest BCUT2D eigenvalue weighted by molar-refractivity contribution is -0.115. The van der Waals surface area contributed by atoms with Crippen LogP contribution in [0.5, 0.6) is 0 Å². The van der Waals surface area contributed by atoms with Gasteiger partial charge in [-0.1, -0.05) is 11.6 Å². The molecular weight excluding hydrogens is 224 g/mol. The van der Waals surface area contributed by atoms with Crippen molar-refractivity contribution in [2.24, 2.45) is 10.9 Å². The van der Waals surface area contributed by atoms with Crippen LogP contribution >= 0.6 is 11.6 Å². The van der Waals surface area contributed by atoms with Crippen LogP contribution in [0.3, 0.4) is 0 Å². The van der Waals surface area contributed by atoms with E-state index in [0.29, 0.717) is 23.0 Å². The third-order valence-electron chi connectivity index (χ3n) is 2.89. The fourth-order valence-corrected chi connectivity index (χ4v) is 2.08. The van der Waals surface area contributed by atoms with E-state index in [9.17, 15) is 4.79 Å². The van der Waals surface area contributed by atoms with Crippen molar-refractivity contribution < 1.29 is 4.79 Å². The van der Waals surface area contributed by atoms with Crippen LogP contribution in [0.4, 0.5) is 11.4 Å². The molecule has 1 aromatic rings. The standard InChI is InChI=1S/C12H11ClN2O/c13-8-3-4-9-11(5-8)15-12(16)6-10(14-9)7-1-2-7/h3-5,7H,1-2,6H2,(H,15,16). The van der Waals surface area contributed by atoms with E-state index in [1.807, 2.05) is 6.07 Å². The quantitative estimate of drug-likeness (QED) is 0.797. The Morgan fingerprint density at radius 1 is 1.38 bits per heavy atom. The number of carbonyl (C=O) groups is 1. The van der Waals surface area contributed by atoms with Gasteiger partial charge in [0.25, 0.3) is 0 Å². The monoisotopic (exact) mass is 234 g/mol. The van der Waals surface area contributed by atoms with Gasteiger partial charge in [-0.2, -0.15) is 0 Å². The van der Waals surface area contributed by atoms with E-state index >= 15 is 0 Å². The molecule has 3 nitrogen and oxygen atoms in total. The largest absolute Gasteiger partial charge is 0.324 e. The molecule has 1 N–H and O–H groups in total. The number of aliphatic imine (C=N–C) groups is 1. The zero-order valence-electron chi connectivity index (χ0n) is 8.66. The lowest BCUT2D eigenvalue weighted by Gasteiger charge is -2.03. The van der Waals surface area contributed by atoms with E-state index in [2.05, 4.69) is 10.3 Å². The van der Waals surface area contributed by atoms with Crippen molar-refractivity contribution in [2.75, 3.05) is 5.32 Å². The summed E-state index contributed by atoms with van der Waals surface area (Å²) in [6, 6.07) is 5.39. The van der Waals surface area contributed by atoms with Gasteiger partial charge in [0, 0.05) is 10.7 Å². The summed E-state index contributed by atoms with van der Waals surface area (Å²) in [7, 11) is 0. The SMILES string of the molecule is O=C1CC(C2CC2)=Nc2ccc(Cl)cc2N1. The molecule has 16 heavy (non-hydrogen) atoms. The summed E-state index contributed by atoms with van der Waals surface area (Å²) >= 11 is 5.89. The van der Waals surface area contributed by atoms with Crippen molar-refractivity contribution in [1.82, 2.24) is 0 Å². The second kappa shape index (κ2) is 3.59. The number of rotatable bonds is 1. The molecule has 0 radical (unpaired) electrons. The zero-order valence-corrected chi connectivity index (χ0v) is 9.42. The van der Waals surface area contributed by atoms with Gasteiger partial charge in [0.1, 0.15) is 0 Å². The number of nitrogens with zero attached hydrogens (tertiary/aromatic N) is 1. The number of fused-ring (bicyclic) bond motifs is 1. The van der Waals surface area contributed by atoms with E-state index in [4.69, 9.17) is 11.6 Å². The Labute approximate surface area is 98.5 Å². The van der Waals surface area contributed by atoms with Crippen LogP contribution in [0.2, 0.25) is 5.02 Å². The highest BCUT2D eigenvalue weighted by atomic mass is 35.5. The first-order valence-corrected chi connectivity index (χ1v) is 5.77. The van der Waals surface area contributed by atoms with E-state index in [1.54, 1.807) is 12.1 Å². The van der Waals surface area contributed by atoms with E-state index in [0.717, 1.165) is 24.2 Å². The minimum Gasteiger partial charge on any atom is -0.324 e. The number of amides is 1. The number of carbonyl (C=O) groups excluding carboxylic acids is 1. The number of benzene rings is 1. The smallest absolute Gasteiger partial charge is 0.230 e. The number of hydrogen-bond donors (Lipinski definition) is 1. The van der Waals surface area contributed by atoms with E-state index in [1.165, 1.54) is 0 Å². The van der Waals surface area contributed by atoms with Crippen LogP contribution in [-0.4, -0.2) is 11.6 Å². The summed E-state index contributed by atoms with van der Waals surface area (Å²) < 4.78 is 0. The van der Waals surface area contributed by atoms with Crippen molar-refractivity contribution in [2.45, 2.75) is 19.3 Å². The number of nitrogens with one attached hydrogen (secondary N) is 1. The Morgan fingerprint density at radius 3 is 2.94 bits per heavy atom. The molecule has 0 saturated heterocycles. The molecule has 0 aromatic heterocycles. The molecule has 1 aromatic carbocycles. The Hall–Kier alpha value is -1.35. The third-order valence-corrected chi connectivity index (χ3v) is 3.12. The average Bonchev–Trinajstić information content (AvgIpc) is 3.02. The maximum Gasteiger partial charge on any atom is 0.230 e. The number of hydrogen-bond acceptors (Lipinski definition) is 2. The van der Waals surface area contributed by atoms with Gasteiger partial charge in [-0.05, 0) is 37.0 Å². The van der Waals surface area contributed by atoms with Crippen LogP contribution < -0.4 is 5.32 Å². The lowest BCUT2D eigenvalue weighted by atomic mass is 10.2. The summed E-state index contributed by atoms with van der Waals surface area (Å²) in [5.74, 6) is 0.527. The molecule has 82 valence electrons. The Morgan fingerprint density at radius 2 is 2.19 bits per heavy atom. The zero-order chi connectivity index (χ0) is 11.1. The summed E-state index contributed by atoms with van der Waals surface area (Å²) in [5.41, 5.74) is 2.55. The summed E-state index contributed by atoms with van der Waals surface area (Å²) in [4.78, 5) is 16.2. The van der Waals surface area contributed by atoms with Crippen LogP contribution in [0.25, 0.3) is 0 Å². The first kappa shape index (κ1) is 9.85. The second-order valence-electron chi connectivity index (χ2n) is 4.26. The fourth-order valence-electron chi connectivity index (χ4n) is 1.91. The van der Waals surface area contributed by atoms with Gasteiger partial charge in [-0.3, -0.25) is 9.79 Å². The van der Waals surface area contributed by atoms with Gasteiger partial charge in [-0.15, -0.1) is 0 Å². The minimum absolute atomic E-state index is 0.00617. The maximum absolute atomic E-state index is 11.7. The highest BCUT2D eigenvalue weighted by Crippen LogP contribution is 2.37. The second-order valence-corrected chi connectivity index (χ2v) is 4.70. The van der Waals surface area contributed by atoms with E-state index < -0.39 is 0 Å². The van der Waals surface area contributed by atoms with Crippen LogP contribution in [0.1, 0.15) is 19.3 Å². The normalized spacial score (nSPS) is 19.6. The lowest BCUT2D eigenvalue weighted by Crippen LogP contribution is -2.15. The summed E-state index contributed by atoms with van der Waals surface area (Å²) in [5, 5.41) is 3.45. The van der Waals surface area contributed by atoms with Gasteiger partial charge < -0.3 is 5.32 Å². The maximum atomic E-state index is 11.7. The summed E-state index contributed by atoms with van der Waals surface area (Å²) in [6.07, 6.45) is 2.74. The topological polar surface area (TPSA) is 41.5 Å². The van der Waals surface area contributed by atoms with Crippen LogP contribution in [0, 0.1) is 5.92 Å². The third kappa shape index (κ3) is 1.83. The molecule has 2 aliphatic rings. The van der Waals surface area contributed by atoms with Crippen molar-refractivity contribution in [3.8, 4) is 0 Å². The molecule has 0 unspecified atom stereocenters. The van der Waals surface area contributed by atoms with Gasteiger partial charge in [0.05, 0.1) is 17.8 Å². The number of halogens is 1. The molecular formula is C12H11ClN2O. The molecule has 3 rings (SSSR count). The van der Waals surface area contributed by atoms with Crippen molar-refractivity contribution in [3.63, 3.8) is 0 Å². The molecule has 4 heteroatoms. The van der Waals surface area contributed by atoms with Gasteiger partial charge in [-0.25, -0.2) is 0 Å². The molecule has 1 aliphatic heterocycles. The highest BCUT2D eigenvalue weighted by Gasteiger charge is 2.30. The number of anilines is 1. The molecule has 0 spiro atoms. The minimum atomic E-state index is 0.00617. The van der Waals surface area contributed by atoms with Gasteiger partial charge in [0.15, 0.2) is 0 Å². The molecule has 0 bridgehead atoms. The van der Waals surface area contributed by atoms with Crippen molar-refractivity contribution in [1.29, 1.82) is 0 Å². The van der Waals surface area contributed by atoms with Crippen LogP contribution in [0.15, 0.2) is 23.2 Å². The Balaban J connectivity index is 2.06. The molecule has 1 saturated carbocycles. The van der Waals surface area contributed by atoms with Gasteiger partial charge >= 0.3 is 0 Å². The molecule has 1 fully saturated rings. The average molecular weight is 235 g/mol. The summed E-state index contributed by atoms with van der Waals surface area (Å²) in [6.45, 7) is 0.